The van der Waals surface area contributed by atoms with Crippen LogP contribution in [0, 0.1) is 39.1 Å². The number of fused-ring (bicyclic) bond motifs is 1. The number of nitrogens with zero attached hydrogens (tertiary/aromatic N) is 2. The van der Waals surface area contributed by atoms with Crippen molar-refractivity contribution in [2.24, 2.45) is 40.6 Å². The van der Waals surface area contributed by atoms with Crippen LogP contribution < -0.4 is 9.47 Å². The van der Waals surface area contributed by atoms with E-state index in [-0.39, 0.29) is 35.5 Å². The lowest BCUT2D eigenvalue weighted by Crippen LogP contribution is -2.40. The first kappa shape index (κ1) is 23.0. The number of hydrogen-bond acceptors (Lipinski definition) is 5. The molecule has 6 atom stereocenters. The van der Waals surface area contributed by atoms with Crippen molar-refractivity contribution in [3.8, 4) is 11.5 Å². The van der Waals surface area contributed by atoms with Gasteiger partial charge in [-0.15, -0.1) is 0 Å². The van der Waals surface area contributed by atoms with Gasteiger partial charge in [0.1, 0.15) is 6.61 Å². The molecule has 1 saturated heterocycles. The molecule has 3 fully saturated rings. The van der Waals surface area contributed by atoms with Gasteiger partial charge in [-0.25, -0.2) is 0 Å². The molecule has 7 heteroatoms. The minimum atomic E-state index is -0.247. The average Bonchev–Trinajstić information content (AvgIpc) is 3.70. The minimum Gasteiger partial charge on any atom is -0.493 e. The molecule has 0 aromatic heterocycles. The van der Waals surface area contributed by atoms with Gasteiger partial charge in [0.25, 0.3) is 11.8 Å². The molecule has 2 amide bonds. The third-order valence-corrected chi connectivity index (χ3v) is 9.27. The van der Waals surface area contributed by atoms with Crippen LogP contribution in [0.2, 0.25) is 0 Å². The summed E-state index contributed by atoms with van der Waals surface area (Å²) in [4.78, 5) is 26.4. The minimum absolute atomic E-state index is 0.160. The number of hydrogen-bond donors (Lipinski definition) is 0. The summed E-state index contributed by atoms with van der Waals surface area (Å²) in [7, 11) is 1.60. The maximum absolute atomic E-state index is 13.2. The van der Waals surface area contributed by atoms with Crippen molar-refractivity contribution >= 4 is 51.4 Å². The zero-order valence-electron chi connectivity index (χ0n) is 20.2. The molecule has 6 nitrogen and oxygen atoms in total. The second-order valence-electron chi connectivity index (χ2n) is 10.3. The summed E-state index contributed by atoms with van der Waals surface area (Å²) >= 11 is 2.22. The predicted molar refractivity (Wildman–Crippen MR) is 148 cm³/mol. The lowest BCUT2D eigenvalue weighted by atomic mass is 9.63. The van der Waals surface area contributed by atoms with Gasteiger partial charge in [0.2, 0.25) is 0 Å². The summed E-state index contributed by atoms with van der Waals surface area (Å²) in [5, 5.41) is 7.81. The van der Waals surface area contributed by atoms with E-state index >= 15 is 0 Å². The average molecular weight is 604 g/mol. The number of hydrazone groups is 1. The number of carbonyl (C=O) groups is 2. The second-order valence-corrected chi connectivity index (χ2v) is 11.5. The van der Waals surface area contributed by atoms with Gasteiger partial charge in [0, 0.05) is 0 Å². The van der Waals surface area contributed by atoms with Crippen LogP contribution in [0.4, 0.5) is 0 Å². The normalized spacial score (nSPS) is 29.2. The summed E-state index contributed by atoms with van der Waals surface area (Å²) in [5.41, 5.74) is 1.83. The maximum atomic E-state index is 13.2. The Hall–Kier alpha value is -3.20. The highest BCUT2D eigenvalue weighted by molar-refractivity contribution is 14.1. The van der Waals surface area contributed by atoms with E-state index in [4.69, 9.17) is 9.47 Å². The molecule has 8 rings (SSSR count). The van der Waals surface area contributed by atoms with Gasteiger partial charge in [0.05, 0.1) is 28.7 Å². The number of imide groups is 1. The summed E-state index contributed by atoms with van der Waals surface area (Å²) in [5.74, 6) is 1.93. The first-order chi connectivity index (χ1) is 18.0. The zero-order valence-corrected chi connectivity index (χ0v) is 22.4. The third kappa shape index (κ3) is 3.61. The van der Waals surface area contributed by atoms with E-state index in [1.54, 1.807) is 13.3 Å². The van der Waals surface area contributed by atoms with Crippen LogP contribution in [0.1, 0.15) is 17.5 Å². The Kier molecular flexibility index (Phi) is 5.39. The third-order valence-electron chi connectivity index (χ3n) is 8.47. The lowest BCUT2D eigenvalue weighted by Gasteiger charge is -2.37. The molecule has 1 aliphatic heterocycles. The predicted octanol–water partition coefficient (Wildman–Crippen LogP) is 5.42. The van der Waals surface area contributed by atoms with Gasteiger partial charge >= 0.3 is 0 Å². The molecule has 3 aromatic carbocycles. The SMILES string of the molecule is COc1cc(C=NN2C(=O)[C@@H]3[C@H]4C=C[C@@H]([C@@H]5C[C@@H]45)[C@@H]3C2=O)cc(I)c1OCc1cccc2ccccc12. The highest BCUT2D eigenvalue weighted by Crippen LogP contribution is 2.65. The molecule has 2 saturated carbocycles. The Morgan fingerprint density at radius 1 is 1.00 bits per heavy atom. The van der Waals surface area contributed by atoms with Crippen LogP contribution in [-0.2, 0) is 16.2 Å². The Morgan fingerprint density at radius 2 is 1.70 bits per heavy atom. The molecule has 0 N–H and O–H groups in total. The molecule has 1 heterocycles. The fourth-order valence-electron chi connectivity index (χ4n) is 6.70. The first-order valence-corrected chi connectivity index (χ1v) is 13.7. The summed E-state index contributed by atoms with van der Waals surface area (Å²) < 4.78 is 12.7. The monoisotopic (exact) mass is 604 g/mol. The van der Waals surface area contributed by atoms with Gasteiger partial charge in [-0.2, -0.15) is 10.1 Å². The number of amides is 2. The Morgan fingerprint density at radius 3 is 2.43 bits per heavy atom. The number of halogens is 1. The molecule has 2 bridgehead atoms. The van der Waals surface area contributed by atoms with Crippen molar-refractivity contribution in [2.45, 2.75) is 13.0 Å². The largest absolute Gasteiger partial charge is 0.493 e. The highest BCUT2D eigenvalue weighted by atomic mass is 127. The number of ether oxygens (including phenoxy) is 2. The van der Waals surface area contributed by atoms with Crippen molar-refractivity contribution in [3.05, 3.63) is 81.4 Å². The Bertz CT molecular complexity index is 1470. The van der Waals surface area contributed by atoms with E-state index in [0.717, 1.165) is 31.5 Å². The number of carbonyl (C=O) groups excluding carboxylic acids is 2. The Balaban J connectivity index is 1.11. The lowest BCUT2D eigenvalue weighted by molar-refractivity contribution is -0.140. The number of rotatable bonds is 6. The molecule has 5 aliphatic rings. The van der Waals surface area contributed by atoms with Crippen LogP contribution in [-0.4, -0.2) is 30.1 Å². The summed E-state index contributed by atoms with van der Waals surface area (Å²) in [6.45, 7) is 0.402. The van der Waals surface area contributed by atoms with E-state index in [9.17, 15) is 9.59 Å². The standard InChI is InChI=1S/C30H25IN2O4/c1-36-25-12-16(11-24(31)28(25)37-15-18-7-4-6-17-5-2-3-8-19(17)18)14-32-33-29(34)26-20-9-10-21(23-13-22(20)23)27(26)30(33)35/h2-12,14,20-23,26-27H,13,15H2,1H3/t20-,21-,22-,23-,26-,27+/m0/s1. The van der Waals surface area contributed by atoms with Crippen LogP contribution in [0.15, 0.2) is 71.9 Å². The van der Waals surface area contributed by atoms with E-state index < -0.39 is 0 Å². The van der Waals surface area contributed by atoms with E-state index in [0.29, 0.717) is 29.9 Å². The van der Waals surface area contributed by atoms with Crippen molar-refractivity contribution in [3.63, 3.8) is 0 Å². The van der Waals surface area contributed by atoms with E-state index in [1.807, 2.05) is 30.3 Å². The topological polar surface area (TPSA) is 68.2 Å². The van der Waals surface area contributed by atoms with Crippen LogP contribution >= 0.6 is 22.6 Å². The number of benzene rings is 3. The molecule has 4 aliphatic carbocycles. The fraction of sp³-hybridized carbons (Fsp3) is 0.300. The van der Waals surface area contributed by atoms with Crippen molar-refractivity contribution < 1.29 is 19.1 Å². The molecule has 0 spiro atoms. The second kappa shape index (κ2) is 8.68. The van der Waals surface area contributed by atoms with Crippen LogP contribution in [0.5, 0.6) is 11.5 Å². The smallest absolute Gasteiger partial charge is 0.254 e. The highest BCUT2D eigenvalue weighted by Gasteiger charge is 2.67. The molecule has 37 heavy (non-hydrogen) atoms. The van der Waals surface area contributed by atoms with Crippen molar-refractivity contribution in [1.82, 2.24) is 5.01 Å². The van der Waals surface area contributed by atoms with E-state index in [1.165, 1.54) is 5.39 Å². The Labute approximate surface area is 228 Å². The molecule has 186 valence electrons. The first-order valence-electron chi connectivity index (χ1n) is 12.6. The molecule has 0 radical (unpaired) electrons. The fourth-order valence-corrected chi connectivity index (χ4v) is 7.48. The number of methoxy groups -OCH3 is 1. The van der Waals surface area contributed by atoms with Crippen LogP contribution in [0.25, 0.3) is 10.8 Å². The summed E-state index contributed by atoms with van der Waals surface area (Å²) in [6.07, 6.45) is 7.06. The van der Waals surface area contributed by atoms with E-state index in [2.05, 4.69) is 64.1 Å². The summed E-state index contributed by atoms with van der Waals surface area (Å²) in [6, 6.07) is 18.2. The number of allylic oxidation sites excluding steroid dienone is 2. The van der Waals surface area contributed by atoms with Crippen LogP contribution in [0.3, 0.4) is 0 Å². The molecular weight excluding hydrogens is 579 g/mol. The van der Waals surface area contributed by atoms with Crippen molar-refractivity contribution in [1.29, 1.82) is 0 Å². The molecule has 0 unspecified atom stereocenters. The quantitative estimate of drug-likeness (QED) is 0.163. The van der Waals surface area contributed by atoms with Gasteiger partial charge in [-0.1, -0.05) is 54.6 Å². The van der Waals surface area contributed by atoms with Gasteiger partial charge < -0.3 is 9.47 Å². The maximum Gasteiger partial charge on any atom is 0.254 e. The van der Waals surface area contributed by atoms with Crippen molar-refractivity contribution in [2.75, 3.05) is 7.11 Å². The van der Waals surface area contributed by atoms with Gasteiger partial charge in [-0.3, -0.25) is 9.59 Å². The van der Waals surface area contributed by atoms with Gasteiger partial charge in [0.15, 0.2) is 11.5 Å². The van der Waals surface area contributed by atoms with Gasteiger partial charge in [-0.05, 0) is 86.7 Å². The molecular formula is C30H25IN2O4. The molecule has 3 aromatic rings. The zero-order chi connectivity index (χ0) is 25.3.